The summed E-state index contributed by atoms with van der Waals surface area (Å²) in [4.78, 5) is 50.5. The number of carbonyl (C=O) groups excluding carboxylic acids is 2. The Bertz CT molecular complexity index is 1140. The van der Waals surface area contributed by atoms with Gasteiger partial charge in [0.25, 0.3) is 11.1 Å². The molecule has 1 aliphatic heterocycles. The maximum atomic E-state index is 12.4. The molecule has 28 heavy (non-hydrogen) atoms. The number of amides is 2. The quantitative estimate of drug-likeness (QED) is 0.628. The molecule has 10 nitrogen and oxygen atoms in total. The van der Waals surface area contributed by atoms with Crippen molar-refractivity contribution >= 4 is 32.4 Å². The molecule has 0 spiro atoms. The lowest BCUT2D eigenvalue weighted by Crippen LogP contribution is -2.52. The third kappa shape index (κ3) is 4.14. The van der Waals surface area contributed by atoms with E-state index in [1.54, 1.807) is 12.1 Å². The normalized spacial score (nSPS) is 17.2. The molecule has 1 saturated heterocycles. The Morgan fingerprint density at radius 3 is 2.39 bits per heavy atom. The van der Waals surface area contributed by atoms with E-state index in [-0.39, 0.29) is 35.4 Å². The molecule has 0 bridgehead atoms. The predicted octanol–water partition coefficient (Wildman–Crippen LogP) is -1.55. The van der Waals surface area contributed by atoms with Gasteiger partial charge in [0, 0.05) is 13.1 Å². The number of nitrogens with one attached hydrogen (secondary N) is 2. The second kappa shape index (κ2) is 7.58. The van der Waals surface area contributed by atoms with E-state index in [0.717, 1.165) is 4.68 Å². The van der Waals surface area contributed by atoms with Gasteiger partial charge in [0.1, 0.15) is 12.6 Å². The van der Waals surface area contributed by atoms with Crippen LogP contribution in [0.15, 0.2) is 33.9 Å². The van der Waals surface area contributed by atoms with Crippen LogP contribution in [0.2, 0.25) is 0 Å². The van der Waals surface area contributed by atoms with Crippen LogP contribution in [-0.2, 0) is 26.0 Å². The zero-order valence-electron chi connectivity index (χ0n) is 15.2. The van der Waals surface area contributed by atoms with Gasteiger partial charge in [-0.1, -0.05) is 12.1 Å². The van der Waals surface area contributed by atoms with Gasteiger partial charge in [-0.2, -0.15) is 0 Å². The molecule has 1 aromatic carbocycles. The number of hydrogen-bond acceptors (Lipinski definition) is 6. The van der Waals surface area contributed by atoms with Crippen LogP contribution in [0.25, 0.3) is 10.8 Å². The molecule has 2 aromatic rings. The number of fused-ring (bicyclic) bond motifs is 1. The smallest absolute Gasteiger partial charge is 0.273 e. The number of H-pyrrole nitrogens is 1. The minimum Gasteiger partial charge on any atom is -0.343 e. The molecule has 11 heteroatoms. The Hall–Kier alpha value is -2.95. The Morgan fingerprint density at radius 2 is 1.75 bits per heavy atom. The molecule has 1 aromatic heterocycles. The third-order valence-electron chi connectivity index (χ3n) is 4.59. The molecule has 1 fully saturated rings. The molecule has 0 aliphatic carbocycles. The molecule has 1 unspecified atom stereocenters. The summed E-state index contributed by atoms with van der Waals surface area (Å²) in [6.07, 6.45) is 0. The van der Waals surface area contributed by atoms with Crippen molar-refractivity contribution in [2.24, 2.45) is 0 Å². The van der Waals surface area contributed by atoms with Crippen LogP contribution in [-0.4, -0.2) is 65.5 Å². The van der Waals surface area contributed by atoms with Gasteiger partial charge in [0.05, 0.1) is 22.3 Å². The first-order valence-corrected chi connectivity index (χ1v) is 10.5. The van der Waals surface area contributed by atoms with E-state index in [9.17, 15) is 27.6 Å². The lowest BCUT2D eigenvalue weighted by molar-refractivity contribution is -0.135. The Kier molecular flexibility index (Phi) is 5.36. The summed E-state index contributed by atoms with van der Waals surface area (Å²) in [6, 6.07) is 5.37. The average Bonchev–Trinajstić information content (AvgIpc) is 2.65. The summed E-state index contributed by atoms with van der Waals surface area (Å²) in [5, 5.41) is 5.25. The molecule has 0 saturated carbocycles. The topological polar surface area (TPSA) is 138 Å². The van der Waals surface area contributed by atoms with Crippen molar-refractivity contribution in [1.82, 2.24) is 20.0 Å². The fourth-order valence-corrected chi connectivity index (χ4v) is 4.26. The van der Waals surface area contributed by atoms with Crippen LogP contribution >= 0.6 is 0 Å². The van der Waals surface area contributed by atoms with Crippen LogP contribution in [0, 0.1) is 0 Å². The van der Waals surface area contributed by atoms with Crippen molar-refractivity contribution in [3.05, 3.63) is 45.0 Å². The van der Waals surface area contributed by atoms with Gasteiger partial charge in [0.15, 0.2) is 9.84 Å². The number of aromatic amines is 1. The van der Waals surface area contributed by atoms with Crippen molar-refractivity contribution in [2.75, 3.05) is 24.6 Å². The summed E-state index contributed by atoms with van der Waals surface area (Å²) in [7, 11) is -3.12. The molecular weight excluding hydrogens is 388 g/mol. The summed E-state index contributed by atoms with van der Waals surface area (Å²) in [5.74, 6) is -1.23. The number of sulfone groups is 1. The van der Waals surface area contributed by atoms with Gasteiger partial charge in [0.2, 0.25) is 11.8 Å². The van der Waals surface area contributed by atoms with Crippen LogP contribution < -0.4 is 16.4 Å². The number of rotatable bonds is 4. The van der Waals surface area contributed by atoms with Gasteiger partial charge in [-0.05, 0) is 19.1 Å². The van der Waals surface area contributed by atoms with Gasteiger partial charge in [-0.15, -0.1) is 0 Å². The van der Waals surface area contributed by atoms with Crippen molar-refractivity contribution in [3.8, 4) is 0 Å². The molecular formula is C17H20N4O6S. The van der Waals surface area contributed by atoms with Crippen molar-refractivity contribution < 1.29 is 18.0 Å². The summed E-state index contributed by atoms with van der Waals surface area (Å²) < 4.78 is 23.8. The first-order valence-electron chi connectivity index (χ1n) is 8.68. The number of carbonyl (C=O) groups is 2. The third-order valence-corrected chi connectivity index (χ3v) is 6.20. The highest BCUT2D eigenvalue weighted by atomic mass is 32.2. The molecule has 0 radical (unpaired) electrons. The minimum atomic E-state index is -3.12. The number of benzene rings is 1. The fraction of sp³-hybridized carbons (Fsp3) is 0.412. The Balaban J connectivity index is 1.68. The molecule has 2 amide bonds. The van der Waals surface area contributed by atoms with Gasteiger partial charge in [-0.25, -0.2) is 13.1 Å². The molecule has 1 aliphatic rings. The lowest BCUT2D eigenvalue weighted by atomic mass is 10.2. The van der Waals surface area contributed by atoms with Crippen LogP contribution in [0.1, 0.15) is 6.92 Å². The molecule has 150 valence electrons. The van der Waals surface area contributed by atoms with E-state index in [1.165, 1.54) is 24.0 Å². The highest BCUT2D eigenvalue weighted by Crippen LogP contribution is 2.06. The first kappa shape index (κ1) is 19.8. The van der Waals surface area contributed by atoms with E-state index < -0.39 is 45.4 Å². The Labute approximate surface area is 160 Å². The maximum Gasteiger partial charge on any atom is 0.273 e. The van der Waals surface area contributed by atoms with Crippen LogP contribution in [0.5, 0.6) is 0 Å². The zero-order valence-corrected chi connectivity index (χ0v) is 16.0. The van der Waals surface area contributed by atoms with Crippen LogP contribution in [0.4, 0.5) is 0 Å². The van der Waals surface area contributed by atoms with E-state index in [2.05, 4.69) is 10.4 Å². The Morgan fingerprint density at radius 1 is 1.14 bits per heavy atom. The highest BCUT2D eigenvalue weighted by Gasteiger charge is 2.28. The minimum absolute atomic E-state index is 0.0822. The molecule has 3 rings (SSSR count). The zero-order chi connectivity index (χ0) is 20.5. The van der Waals surface area contributed by atoms with E-state index in [1.807, 2.05) is 0 Å². The summed E-state index contributed by atoms with van der Waals surface area (Å²) in [5.41, 5.74) is -1.02. The van der Waals surface area contributed by atoms with Crippen LogP contribution in [0.3, 0.4) is 0 Å². The first-order chi connectivity index (χ1) is 13.2. The number of aromatic nitrogens is 2. The van der Waals surface area contributed by atoms with E-state index >= 15 is 0 Å². The standard InChI is InChI=1S/C17H20N4O6S/c1-11(16(24)20-6-8-28(26,27)9-7-20)18-14(22)10-21-17(25)13-5-3-2-4-12(13)15(23)19-21/h2-5,11H,6-10H2,1H3,(H,18,22)(H,19,23). The lowest BCUT2D eigenvalue weighted by Gasteiger charge is -2.29. The largest absolute Gasteiger partial charge is 0.343 e. The predicted molar refractivity (Wildman–Crippen MR) is 102 cm³/mol. The fourth-order valence-electron chi connectivity index (χ4n) is 3.06. The molecule has 1 atom stereocenters. The second-order valence-electron chi connectivity index (χ2n) is 6.64. The maximum absolute atomic E-state index is 12.4. The van der Waals surface area contributed by atoms with Crippen molar-refractivity contribution in [2.45, 2.75) is 19.5 Å². The summed E-state index contributed by atoms with van der Waals surface area (Å²) >= 11 is 0. The van der Waals surface area contributed by atoms with Crippen molar-refractivity contribution in [3.63, 3.8) is 0 Å². The monoisotopic (exact) mass is 408 g/mol. The number of hydrogen-bond donors (Lipinski definition) is 2. The molecule has 2 N–H and O–H groups in total. The highest BCUT2D eigenvalue weighted by molar-refractivity contribution is 7.91. The summed E-state index contributed by atoms with van der Waals surface area (Å²) in [6.45, 7) is 1.19. The van der Waals surface area contributed by atoms with Gasteiger partial charge >= 0.3 is 0 Å². The van der Waals surface area contributed by atoms with E-state index in [4.69, 9.17) is 0 Å². The van der Waals surface area contributed by atoms with Crippen molar-refractivity contribution in [1.29, 1.82) is 0 Å². The molecule has 2 heterocycles. The second-order valence-corrected chi connectivity index (χ2v) is 8.95. The average molecular weight is 408 g/mol. The van der Waals surface area contributed by atoms with E-state index in [0.29, 0.717) is 0 Å². The van der Waals surface area contributed by atoms with Gasteiger partial charge in [-0.3, -0.25) is 24.3 Å². The number of nitrogens with zero attached hydrogens (tertiary/aromatic N) is 2. The SMILES string of the molecule is CC(NC(=O)Cn1[nH]c(=O)c2ccccc2c1=O)C(=O)N1CCS(=O)(=O)CC1. The van der Waals surface area contributed by atoms with Gasteiger partial charge < -0.3 is 10.2 Å².